The average molecular weight is 549 g/mol. The van der Waals surface area contributed by atoms with Gasteiger partial charge in [-0.2, -0.15) is 13.2 Å². The maximum absolute atomic E-state index is 13.9. The van der Waals surface area contributed by atoms with E-state index >= 15 is 0 Å². The summed E-state index contributed by atoms with van der Waals surface area (Å²) in [5.41, 5.74) is 5.65. The van der Waals surface area contributed by atoms with E-state index in [1.807, 2.05) is 26.0 Å². The largest absolute Gasteiger partial charge is 0.491 e. The number of piperidine rings is 1. The van der Waals surface area contributed by atoms with E-state index in [0.717, 1.165) is 63.8 Å². The van der Waals surface area contributed by atoms with Crippen molar-refractivity contribution in [2.24, 2.45) is 0 Å². The lowest BCUT2D eigenvalue weighted by atomic mass is 9.94. The molecule has 4 aromatic rings. The fraction of sp³-hybridized carbons (Fsp3) is 0.355. The van der Waals surface area contributed by atoms with E-state index in [9.17, 15) is 18.0 Å². The number of carbonyl (C=O) groups excluding carboxylic acids is 1. The molecule has 0 spiro atoms. The van der Waals surface area contributed by atoms with Crippen LogP contribution in [0.15, 0.2) is 54.6 Å². The van der Waals surface area contributed by atoms with Gasteiger partial charge in [-0.1, -0.05) is 18.2 Å². The molecule has 3 aromatic carbocycles. The van der Waals surface area contributed by atoms with Crippen LogP contribution in [0.4, 0.5) is 18.0 Å². The second-order valence-corrected chi connectivity index (χ2v) is 10.7. The molecule has 0 radical (unpaired) electrons. The first kappa shape index (κ1) is 26.2. The highest BCUT2D eigenvalue weighted by Crippen LogP contribution is 2.38. The summed E-state index contributed by atoms with van der Waals surface area (Å²) in [7, 11) is 0. The van der Waals surface area contributed by atoms with Crippen LogP contribution >= 0.6 is 0 Å². The van der Waals surface area contributed by atoms with Crippen LogP contribution in [0.5, 0.6) is 5.75 Å². The van der Waals surface area contributed by atoms with Crippen molar-refractivity contribution >= 4 is 17.1 Å². The maximum atomic E-state index is 13.9. The minimum atomic E-state index is -4.43. The quantitative estimate of drug-likeness (QED) is 0.284. The fourth-order valence-corrected chi connectivity index (χ4v) is 5.97. The summed E-state index contributed by atoms with van der Waals surface area (Å²) < 4.78 is 46.4. The van der Waals surface area contributed by atoms with Gasteiger partial charge in [0.05, 0.1) is 35.7 Å². The monoisotopic (exact) mass is 548 g/mol. The van der Waals surface area contributed by atoms with Gasteiger partial charge in [-0.15, -0.1) is 0 Å². The number of aromatic nitrogens is 2. The zero-order valence-corrected chi connectivity index (χ0v) is 22.5. The lowest BCUT2D eigenvalue weighted by molar-refractivity contribution is -0.137. The molecule has 0 aliphatic carbocycles. The first-order valence-electron chi connectivity index (χ1n) is 13.6. The van der Waals surface area contributed by atoms with E-state index < -0.39 is 17.8 Å². The Bertz CT molecular complexity index is 1580. The number of ether oxygens (including phenoxy) is 1. The van der Waals surface area contributed by atoms with Gasteiger partial charge in [0.15, 0.2) is 0 Å². The summed E-state index contributed by atoms with van der Waals surface area (Å²) in [6, 6.07) is 15.1. The van der Waals surface area contributed by atoms with Crippen molar-refractivity contribution in [1.29, 1.82) is 0 Å². The van der Waals surface area contributed by atoms with E-state index in [4.69, 9.17) is 4.74 Å². The molecule has 2 aliphatic rings. The molecule has 208 valence electrons. The van der Waals surface area contributed by atoms with Crippen LogP contribution in [0.1, 0.15) is 53.4 Å². The normalized spacial score (nSPS) is 17.9. The summed E-state index contributed by atoms with van der Waals surface area (Å²) in [6.07, 6.45) is -2.12. The number of nitrogens with one attached hydrogen (secondary N) is 1. The van der Waals surface area contributed by atoms with Crippen LogP contribution in [0.3, 0.4) is 0 Å². The number of fused-ring (bicyclic) bond motifs is 2. The summed E-state index contributed by atoms with van der Waals surface area (Å²) in [4.78, 5) is 25.2. The molecule has 9 heteroatoms. The van der Waals surface area contributed by atoms with Crippen molar-refractivity contribution in [3.05, 3.63) is 82.7 Å². The van der Waals surface area contributed by atoms with Gasteiger partial charge in [-0.3, -0.25) is 0 Å². The van der Waals surface area contributed by atoms with Crippen molar-refractivity contribution in [3.8, 4) is 16.9 Å². The van der Waals surface area contributed by atoms with E-state index in [2.05, 4.69) is 28.2 Å². The fourth-order valence-electron chi connectivity index (χ4n) is 5.97. The van der Waals surface area contributed by atoms with E-state index in [-0.39, 0.29) is 6.03 Å². The topological polar surface area (TPSA) is 61.5 Å². The predicted molar refractivity (Wildman–Crippen MR) is 147 cm³/mol. The molecule has 0 saturated carbocycles. The Morgan fingerprint density at radius 2 is 1.88 bits per heavy atom. The second-order valence-electron chi connectivity index (χ2n) is 10.7. The summed E-state index contributed by atoms with van der Waals surface area (Å²) >= 11 is 0. The third kappa shape index (κ3) is 5.00. The second kappa shape index (κ2) is 10.2. The van der Waals surface area contributed by atoms with Gasteiger partial charge in [-0.25, -0.2) is 9.78 Å². The standard InChI is InChI=1S/C31H31F3N4O2/c1-19-14-23(21-9-10-26-27(17-21)36-20(2)35-26)15-24-18-37(12-13-40-29(19)24)30(39)38-11-4-3-8-28(38)22-6-5-7-25(16-22)31(32,33)34/h5-7,9-10,14-17,28H,3-4,8,11-13,18H2,1-2H3,(H,35,36). The predicted octanol–water partition coefficient (Wildman–Crippen LogP) is 7.41. The number of H-pyrrole nitrogens is 1. The molecule has 2 aliphatic heterocycles. The smallest absolute Gasteiger partial charge is 0.416 e. The molecule has 6 nitrogen and oxygen atoms in total. The lowest BCUT2D eigenvalue weighted by Gasteiger charge is -2.39. The van der Waals surface area contributed by atoms with Gasteiger partial charge >= 0.3 is 12.2 Å². The molecular formula is C31H31F3N4O2. The number of urea groups is 1. The van der Waals surface area contributed by atoms with Crippen molar-refractivity contribution < 1.29 is 22.7 Å². The van der Waals surface area contributed by atoms with Crippen LogP contribution in [0, 0.1) is 13.8 Å². The molecule has 2 amide bonds. The number of likely N-dealkylation sites (tertiary alicyclic amines) is 1. The number of aromatic amines is 1. The highest BCUT2D eigenvalue weighted by atomic mass is 19.4. The average Bonchev–Trinajstić information content (AvgIpc) is 3.17. The summed E-state index contributed by atoms with van der Waals surface area (Å²) in [6.45, 7) is 5.54. The molecular weight excluding hydrogens is 517 g/mol. The van der Waals surface area contributed by atoms with Crippen LogP contribution < -0.4 is 4.74 Å². The maximum Gasteiger partial charge on any atom is 0.416 e. The Morgan fingerprint density at radius 1 is 1.02 bits per heavy atom. The molecule has 3 heterocycles. The molecule has 1 N–H and O–H groups in total. The van der Waals surface area contributed by atoms with Crippen LogP contribution in [0.25, 0.3) is 22.2 Å². The van der Waals surface area contributed by atoms with Crippen LogP contribution in [0.2, 0.25) is 0 Å². The van der Waals surface area contributed by atoms with Crippen molar-refractivity contribution in [3.63, 3.8) is 0 Å². The zero-order valence-electron chi connectivity index (χ0n) is 22.5. The Hall–Kier alpha value is -4.01. The number of amides is 2. The third-order valence-electron chi connectivity index (χ3n) is 7.87. The lowest BCUT2D eigenvalue weighted by Crippen LogP contribution is -2.47. The highest BCUT2D eigenvalue weighted by Gasteiger charge is 2.35. The van der Waals surface area contributed by atoms with Crippen LogP contribution in [-0.2, 0) is 12.7 Å². The molecule has 0 bridgehead atoms. The first-order chi connectivity index (χ1) is 19.2. The third-order valence-corrected chi connectivity index (χ3v) is 7.87. The summed E-state index contributed by atoms with van der Waals surface area (Å²) in [5, 5.41) is 0. The van der Waals surface area contributed by atoms with Crippen molar-refractivity contribution in [2.45, 2.75) is 51.9 Å². The molecule has 1 saturated heterocycles. The molecule has 1 aromatic heterocycles. The highest BCUT2D eigenvalue weighted by molar-refractivity contribution is 5.83. The zero-order chi connectivity index (χ0) is 28.0. The molecule has 6 rings (SSSR count). The summed E-state index contributed by atoms with van der Waals surface area (Å²) in [5.74, 6) is 1.64. The van der Waals surface area contributed by atoms with Crippen LogP contribution in [-0.4, -0.2) is 45.5 Å². The van der Waals surface area contributed by atoms with E-state index in [1.54, 1.807) is 15.9 Å². The number of carbonyl (C=O) groups is 1. The van der Waals surface area contributed by atoms with Crippen molar-refractivity contribution in [2.75, 3.05) is 19.7 Å². The first-order valence-corrected chi connectivity index (χ1v) is 13.6. The van der Waals surface area contributed by atoms with Gasteiger partial charge in [0.2, 0.25) is 0 Å². The van der Waals surface area contributed by atoms with Gasteiger partial charge in [0, 0.05) is 12.1 Å². The Labute approximate surface area is 230 Å². The molecule has 1 atom stereocenters. The number of imidazole rings is 1. The minimum Gasteiger partial charge on any atom is -0.491 e. The minimum absolute atomic E-state index is 0.170. The van der Waals surface area contributed by atoms with E-state index in [1.165, 1.54) is 12.1 Å². The number of halogens is 3. The number of hydrogen-bond acceptors (Lipinski definition) is 3. The van der Waals surface area contributed by atoms with E-state index in [0.29, 0.717) is 38.2 Å². The molecule has 1 fully saturated rings. The number of nitrogens with zero attached hydrogens (tertiary/aromatic N) is 3. The van der Waals surface area contributed by atoms with Crippen molar-refractivity contribution in [1.82, 2.24) is 19.8 Å². The number of aryl methyl sites for hydroxylation is 2. The number of rotatable bonds is 2. The van der Waals surface area contributed by atoms with Gasteiger partial charge < -0.3 is 19.5 Å². The molecule has 1 unspecified atom stereocenters. The van der Waals surface area contributed by atoms with Gasteiger partial charge in [0.25, 0.3) is 0 Å². The Morgan fingerprint density at radius 3 is 2.70 bits per heavy atom. The molecule has 40 heavy (non-hydrogen) atoms. The number of hydrogen-bond donors (Lipinski definition) is 1. The SMILES string of the molecule is Cc1nc2ccc(-c3cc(C)c4c(c3)CN(C(=O)N3CCCCC3c3cccc(C(F)(F)F)c3)CCO4)cc2[nH]1. The number of alkyl halides is 3. The van der Waals surface area contributed by atoms with Gasteiger partial charge in [-0.05, 0) is 91.8 Å². The Balaban J connectivity index is 1.29. The Kier molecular flexibility index (Phi) is 6.68. The number of benzene rings is 3. The van der Waals surface area contributed by atoms with Gasteiger partial charge in [0.1, 0.15) is 18.2 Å².